The van der Waals surface area contributed by atoms with Gasteiger partial charge in [0.15, 0.2) is 0 Å². The fraction of sp³-hybridized carbons (Fsp3) is 0.500. The Morgan fingerprint density at radius 2 is 1.90 bits per heavy atom. The number of aromatic nitrogens is 2. The van der Waals surface area contributed by atoms with Crippen molar-refractivity contribution in [1.29, 1.82) is 0 Å². The predicted molar refractivity (Wildman–Crippen MR) is 117 cm³/mol. The first-order valence-corrected chi connectivity index (χ1v) is 11.4. The molecule has 0 bridgehead atoms. The SMILES string of the molecule is CC(C)c1ccc(Nc2ncc3c(n2)N(C2CCCC2)C(=O)[C@]24C(=O)NCC2C34)cc1. The molecule has 2 aromatic rings. The minimum absolute atomic E-state index is 0.0311. The highest BCUT2D eigenvalue weighted by Gasteiger charge is 2.81. The van der Waals surface area contributed by atoms with Gasteiger partial charge in [0.25, 0.3) is 0 Å². The van der Waals surface area contributed by atoms with Crippen molar-refractivity contribution >= 4 is 29.3 Å². The molecule has 6 rings (SSSR count). The van der Waals surface area contributed by atoms with Crippen molar-refractivity contribution in [2.75, 3.05) is 16.8 Å². The summed E-state index contributed by atoms with van der Waals surface area (Å²) in [6, 6.07) is 8.39. The Morgan fingerprint density at radius 3 is 2.61 bits per heavy atom. The van der Waals surface area contributed by atoms with Gasteiger partial charge in [-0.05, 0) is 36.5 Å². The first-order chi connectivity index (χ1) is 15.0. The Morgan fingerprint density at radius 1 is 1.16 bits per heavy atom. The maximum atomic E-state index is 13.7. The lowest BCUT2D eigenvalue weighted by molar-refractivity contribution is -0.135. The van der Waals surface area contributed by atoms with Crippen LogP contribution in [0, 0.1) is 11.3 Å². The Kier molecular flexibility index (Phi) is 3.95. The molecule has 2 unspecified atom stereocenters. The number of anilines is 3. The zero-order chi connectivity index (χ0) is 21.3. The second-order valence-corrected chi connectivity index (χ2v) is 9.65. The average Bonchev–Trinajstić information content (AvgIpc) is 3.02. The number of piperidine rings is 1. The molecule has 0 radical (unpaired) electrons. The number of fused-ring (bicyclic) bond motifs is 3. The third-order valence-corrected chi connectivity index (χ3v) is 7.68. The molecule has 3 fully saturated rings. The summed E-state index contributed by atoms with van der Waals surface area (Å²) in [7, 11) is 0. The largest absolute Gasteiger partial charge is 0.355 e. The van der Waals surface area contributed by atoms with Crippen LogP contribution in [-0.4, -0.2) is 34.4 Å². The molecule has 31 heavy (non-hydrogen) atoms. The molecule has 2 N–H and O–H groups in total. The van der Waals surface area contributed by atoms with Gasteiger partial charge in [-0.1, -0.05) is 38.8 Å². The summed E-state index contributed by atoms with van der Waals surface area (Å²) in [4.78, 5) is 37.6. The number of nitrogens with one attached hydrogen (secondary N) is 2. The molecular formula is C24H27N5O2. The summed E-state index contributed by atoms with van der Waals surface area (Å²) in [5.74, 6) is 1.44. The first kappa shape index (κ1) is 18.8. The molecule has 1 aromatic carbocycles. The van der Waals surface area contributed by atoms with Gasteiger partial charge in [-0.2, -0.15) is 4.98 Å². The van der Waals surface area contributed by atoms with Crippen LogP contribution in [0.15, 0.2) is 30.5 Å². The lowest BCUT2D eigenvalue weighted by Gasteiger charge is -2.36. The van der Waals surface area contributed by atoms with E-state index in [0.717, 1.165) is 36.9 Å². The van der Waals surface area contributed by atoms with E-state index in [1.807, 2.05) is 23.2 Å². The second kappa shape index (κ2) is 6.52. The van der Waals surface area contributed by atoms with E-state index < -0.39 is 5.41 Å². The van der Waals surface area contributed by atoms with Crippen molar-refractivity contribution in [2.24, 2.45) is 11.3 Å². The van der Waals surface area contributed by atoms with E-state index in [9.17, 15) is 9.59 Å². The normalized spacial score (nSPS) is 28.9. The summed E-state index contributed by atoms with van der Waals surface area (Å²) < 4.78 is 0. The molecule has 7 nitrogen and oxygen atoms in total. The number of nitrogens with zero attached hydrogens (tertiary/aromatic N) is 3. The van der Waals surface area contributed by atoms with Gasteiger partial charge in [0.1, 0.15) is 11.2 Å². The lowest BCUT2D eigenvalue weighted by Crippen LogP contribution is -2.51. The number of benzene rings is 1. The van der Waals surface area contributed by atoms with Crippen molar-refractivity contribution in [3.05, 3.63) is 41.6 Å². The molecule has 2 aliphatic carbocycles. The van der Waals surface area contributed by atoms with Gasteiger partial charge in [0.05, 0.1) is 0 Å². The first-order valence-electron chi connectivity index (χ1n) is 11.4. The molecule has 3 atom stereocenters. The summed E-state index contributed by atoms with van der Waals surface area (Å²) in [5.41, 5.74) is 2.23. The zero-order valence-corrected chi connectivity index (χ0v) is 17.9. The van der Waals surface area contributed by atoms with E-state index in [0.29, 0.717) is 24.2 Å². The monoisotopic (exact) mass is 417 g/mol. The van der Waals surface area contributed by atoms with Crippen molar-refractivity contribution in [3.63, 3.8) is 0 Å². The smallest absolute Gasteiger partial charge is 0.245 e. The second-order valence-electron chi connectivity index (χ2n) is 9.65. The number of carbonyl (C=O) groups is 2. The molecular weight excluding hydrogens is 390 g/mol. The molecule has 2 amide bonds. The highest BCUT2D eigenvalue weighted by atomic mass is 16.2. The van der Waals surface area contributed by atoms with E-state index >= 15 is 0 Å². The number of hydrogen-bond donors (Lipinski definition) is 2. The highest BCUT2D eigenvalue weighted by molar-refractivity contribution is 6.19. The van der Waals surface area contributed by atoms with E-state index in [-0.39, 0.29) is 29.7 Å². The molecule has 1 spiro atoms. The standard InChI is InChI=1S/C24H27N5O2/c1-13(2)14-7-9-15(10-8-14)27-23-26-11-17-19-18-12-25-21(30)24(18,19)22(31)29(20(17)28-23)16-5-3-4-6-16/h7-11,13,16,18-19H,3-6,12H2,1-2H3,(H,25,30)(H,26,27,28)/t18?,19?,24-/m1/s1. The Labute approximate surface area is 181 Å². The summed E-state index contributed by atoms with van der Waals surface area (Å²) in [5, 5.41) is 6.19. The van der Waals surface area contributed by atoms with Gasteiger partial charge in [-0.3, -0.25) is 14.5 Å². The van der Waals surface area contributed by atoms with Crippen molar-refractivity contribution < 1.29 is 9.59 Å². The van der Waals surface area contributed by atoms with E-state index in [4.69, 9.17) is 4.98 Å². The zero-order valence-electron chi connectivity index (χ0n) is 17.9. The molecule has 2 aliphatic heterocycles. The van der Waals surface area contributed by atoms with Crippen LogP contribution < -0.4 is 15.5 Å². The Balaban J connectivity index is 1.38. The number of carbonyl (C=O) groups excluding carboxylic acids is 2. The summed E-state index contributed by atoms with van der Waals surface area (Å²) in [6.07, 6.45) is 5.96. The Hall–Kier alpha value is -2.96. The van der Waals surface area contributed by atoms with Gasteiger partial charge in [0.2, 0.25) is 17.8 Å². The van der Waals surface area contributed by atoms with Gasteiger partial charge >= 0.3 is 0 Å². The predicted octanol–water partition coefficient (Wildman–Crippen LogP) is 3.46. The van der Waals surface area contributed by atoms with Crippen LogP contribution in [0.2, 0.25) is 0 Å². The van der Waals surface area contributed by atoms with Crippen LogP contribution in [0.25, 0.3) is 0 Å². The van der Waals surface area contributed by atoms with E-state index in [2.05, 4.69) is 41.6 Å². The fourth-order valence-electron chi connectivity index (χ4n) is 5.98. The molecule has 1 saturated heterocycles. The Bertz CT molecular complexity index is 1080. The molecule has 160 valence electrons. The summed E-state index contributed by atoms with van der Waals surface area (Å²) >= 11 is 0. The van der Waals surface area contributed by atoms with Crippen molar-refractivity contribution in [1.82, 2.24) is 15.3 Å². The van der Waals surface area contributed by atoms with Crippen LogP contribution in [0.3, 0.4) is 0 Å². The van der Waals surface area contributed by atoms with Crippen LogP contribution in [0.1, 0.15) is 62.5 Å². The van der Waals surface area contributed by atoms with Crippen molar-refractivity contribution in [2.45, 2.75) is 57.4 Å². The summed E-state index contributed by atoms with van der Waals surface area (Å²) in [6.45, 7) is 4.91. The molecule has 7 heteroatoms. The minimum atomic E-state index is -0.916. The van der Waals surface area contributed by atoms with Crippen LogP contribution in [0.5, 0.6) is 0 Å². The maximum Gasteiger partial charge on any atom is 0.245 e. The van der Waals surface area contributed by atoms with Crippen LogP contribution in [-0.2, 0) is 9.59 Å². The van der Waals surface area contributed by atoms with Gasteiger partial charge in [-0.25, -0.2) is 4.98 Å². The third-order valence-electron chi connectivity index (χ3n) is 7.68. The maximum absolute atomic E-state index is 13.7. The minimum Gasteiger partial charge on any atom is -0.355 e. The number of rotatable bonds is 4. The molecule has 3 heterocycles. The number of amides is 2. The average molecular weight is 418 g/mol. The van der Waals surface area contributed by atoms with E-state index in [1.165, 1.54) is 5.56 Å². The molecule has 4 aliphatic rings. The van der Waals surface area contributed by atoms with Crippen LogP contribution in [0.4, 0.5) is 17.5 Å². The fourth-order valence-corrected chi connectivity index (χ4v) is 5.98. The highest BCUT2D eigenvalue weighted by Crippen LogP contribution is 2.71. The number of hydrogen-bond acceptors (Lipinski definition) is 5. The molecule has 1 aromatic heterocycles. The van der Waals surface area contributed by atoms with Gasteiger partial charge in [0, 0.05) is 41.9 Å². The van der Waals surface area contributed by atoms with Gasteiger partial charge in [-0.15, -0.1) is 0 Å². The topological polar surface area (TPSA) is 87.2 Å². The molecule has 2 saturated carbocycles. The quantitative estimate of drug-likeness (QED) is 0.744. The lowest BCUT2D eigenvalue weighted by atomic mass is 9.92. The third kappa shape index (κ3) is 2.52. The van der Waals surface area contributed by atoms with Crippen LogP contribution >= 0.6 is 0 Å². The van der Waals surface area contributed by atoms with Crippen molar-refractivity contribution in [3.8, 4) is 0 Å². The van der Waals surface area contributed by atoms with E-state index in [1.54, 1.807) is 0 Å². The van der Waals surface area contributed by atoms with Gasteiger partial charge < -0.3 is 10.6 Å².